The number of hydrogen-bond acceptors (Lipinski definition) is 2. The minimum Gasteiger partial charge on any atom is -0.346 e. The Morgan fingerprint density at radius 2 is 1.24 bits per heavy atom. The molecular formula is C12H19F3O2. The second-order valence-corrected chi connectivity index (χ2v) is 3.58. The Bertz CT molecular complexity index is 273. The van der Waals surface area contributed by atoms with Gasteiger partial charge in [0.2, 0.25) is 5.79 Å². The van der Waals surface area contributed by atoms with Crippen molar-refractivity contribution in [2.45, 2.75) is 32.7 Å². The molecule has 0 aromatic carbocycles. The molecule has 0 spiro atoms. The van der Waals surface area contributed by atoms with E-state index < -0.39 is 17.4 Å². The third kappa shape index (κ3) is 3.33. The van der Waals surface area contributed by atoms with E-state index in [9.17, 15) is 13.2 Å². The van der Waals surface area contributed by atoms with E-state index >= 15 is 0 Å². The topological polar surface area (TPSA) is 18.5 Å². The Morgan fingerprint density at radius 3 is 1.47 bits per heavy atom. The third-order valence-corrected chi connectivity index (χ3v) is 2.57. The summed E-state index contributed by atoms with van der Waals surface area (Å²) in [6.45, 7) is 5.09. The van der Waals surface area contributed by atoms with Crippen LogP contribution in [0, 0.1) is 5.41 Å². The van der Waals surface area contributed by atoms with Gasteiger partial charge in [-0.3, -0.25) is 0 Å². The van der Waals surface area contributed by atoms with E-state index in [2.05, 4.69) is 0 Å². The van der Waals surface area contributed by atoms with Crippen LogP contribution in [0.4, 0.5) is 13.2 Å². The SMILES string of the molecule is CC.COC1(OC)C=CC(C)(C(F)(F)F)C=C1. The lowest BCUT2D eigenvalue weighted by Crippen LogP contribution is -2.38. The molecule has 0 radical (unpaired) electrons. The summed E-state index contributed by atoms with van der Waals surface area (Å²) in [5.74, 6) is -1.18. The molecule has 0 bridgehead atoms. The van der Waals surface area contributed by atoms with Crippen LogP contribution >= 0.6 is 0 Å². The van der Waals surface area contributed by atoms with Crippen LogP contribution in [0.5, 0.6) is 0 Å². The molecule has 1 rings (SSSR count). The van der Waals surface area contributed by atoms with Crippen molar-refractivity contribution < 1.29 is 22.6 Å². The molecule has 0 heterocycles. The minimum atomic E-state index is -4.31. The van der Waals surface area contributed by atoms with Gasteiger partial charge in [-0.25, -0.2) is 0 Å². The summed E-state index contributed by atoms with van der Waals surface area (Å²) in [6, 6.07) is 0. The minimum absolute atomic E-state index is 1.04. The average molecular weight is 252 g/mol. The third-order valence-electron chi connectivity index (χ3n) is 2.57. The second-order valence-electron chi connectivity index (χ2n) is 3.58. The van der Waals surface area contributed by atoms with Crippen LogP contribution in [-0.2, 0) is 9.47 Å². The fraction of sp³-hybridized carbons (Fsp3) is 0.667. The maximum absolute atomic E-state index is 12.6. The molecule has 0 aromatic heterocycles. The first-order chi connectivity index (χ1) is 7.79. The highest BCUT2D eigenvalue weighted by molar-refractivity contribution is 5.26. The highest BCUT2D eigenvalue weighted by Gasteiger charge is 2.49. The maximum Gasteiger partial charge on any atom is 0.400 e. The van der Waals surface area contributed by atoms with Crippen molar-refractivity contribution in [2.24, 2.45) is 5.41 Å². The van der Waals surface area contributed by atoms with Gasteiger partial charge in [0.15, 0.2) is 0 Å². The molecule has 0 unspecified atom stereocenters. The zero-order chi connectivity index (χ0) is 13.7. The number of methoxy groups -OCH3 is 2. The van der Waals surface area contributed by atoms with Crippen LogP contribution in [-0.4, -0.2) is 26.2 Å². The van der Waals surface area contributed by atoms with Gasteiger partial charge in [0.25, 0.3) is 0 Å². The van der Waals surface area contributed by atoms with Gasteiger partial charge in [0.1, 0.15) is 0 Å². The number of hydrogen-bond donors (Lipinski definition) is 0. The van der Waals surface area contributed by atoms with E-state index in [0.717, 1.165) is 19.1 Å². The monoisotopic (exact) mass is 252 g/mol. The molecule has 0 amide bonds. The lowest BCUT2D eigenvalue weighted by atomic mass is 9.84. The summed E-state index contributed by atoms with van der Waals surface area (Å²) in [5.41, 5.74) is -1.95. The van der Waals surface area contributed by atoms with Gasteiger partial charge in [-0.15, -0.1) is 0 Å². The van der Waals surface area contributed by atoms with Crippen LogP contribution < -0.4 is 0 Å². The van der Waals surface area contributed by atoms with Gasteiger partial charge < -0.3 is 9.47 Å². The molecule has 1 aliphatic carbocycles. The molecule has 0 saturated heterocycles. The fourth-order valence-electron chi connectivity index (χ4n) is 1.23. The number of ether oxygens (including phenoxy) is 2. The first kappa shape index (κ1) is 16.2. The Hall–Kier alpha value is -0.810. The molecule has 2 nitrogen and oxygen atoms in total. The zero-order valence-electron chi connectivity index (χ0n) is 10.8. The van der Waals surface area contributed by atoms with Crippen LogP contribution in [0.1, 0.15) is 20.8 Å². The molecule has 17 heavy (non-hydrogen) atoms. The van der Waals surface area contributed by atoms with E-state index in [4.69, 9.17) is 9.47 Å². The second kappa shape index (κ2) is 5.69. The molecular weight excluding hydrogens is 233 g/mol. The predicted octanol–water partition coefficient (Wildman–Crippen LogP) is 3.70. The lowest BCUT2D eigenvalue weighted by molar-refractivity contribution is -0.188. The van der Waals surface area contributed by atoms with Gasteiger partial charge >= 0.3 is 6.18 Å². The van der Waals surface area contributed by atoms with Crippen LogP contribution in [0.15, 0.2) is 24.3 Å². The molecule has 0 aliphatic heterocycles. The standard InChI is InChI=1S/C10H13F3O2.C2H6/c1-8(10(11,12)13)4-6-9(14-2,15-3)7-5-8;1-2/h4-7H,1-3H3;1-2H3. The zero-order valence-corrected chi connectivity index (χ0v) is 10.8. The molecule has 100 valence electrons. The molecule has 1 aliphatic rings. The summed E-state index contributed by atoms with van der Waals surface area (Å²) in [5, 5.41) is 0. The van der Waals surface area contributed by atoms with Gasteiger partial charge in [-0.2, -0.15) is 13.2 Å². The normalized spacial score (nSPS) is 20.7. The van der Waals surface area contributed by atoms with E-state index in [1.165, 1.54) is 26.4 Å². The Balaban J connectivity index is 0.00000121. The highest BCUT2D eigenvalue weighted by atomic mass is 19.4. The van der Waals surface area contributed by atoms with Crippen LogP contribution in [0.2, 0.25) is 0 Å². The number of allylic oxidation sites excluding steroid dienone is 2. The first-order valence-corrected chi connectivity index (χ1v) is 5.36. The summed E-state index contributed by atoms with van der Waals surface area (Å²) < 4.78 is 47.7. The summed E-state index contributed by atoms with van der Waals surface area (Å²) in [6.07, 6.45) is 0.300. The average Bonchev–Trinajstić information content (AvgIpc) is 2.32. The summed E-state index contributed by atoms with van der Waals surface area (Å²) >= 11 is 0. The van der Waals surface area contributed by atoms with Crippen molar-refractivity contribution in [1.29, 1.82) is 0 Å². The van der Waals surface area contributed by atoms with Crippen LogP contribution in [0.3, 0.4) is 0 Å². The van der Waals surface area contributed by atoms with E-state index in [0.29, 0.717) is 0 Å². The van der Waals surface area contributed by atoms with Crippen molar-refractivity contribution in [1.82, 2.24) is 0 Å². The molecule has 0 saturated carbocycles. The van der Waals surface area contributed by atoms with Crippen molar-refractivity contribution >= 4 is 0 Å². The Labute approximate surface area is 100 Å². The van der Waals surface area contributed by atoms with Crippen molar-refractivity contribution in [3.8, 4) is 0 Å². The maximum atomic E-state index is 12.6. The Morgan fingerprint density at radius 1 is 0.882 bits per heavy atom. The van der Waals surface area contributed by atoms with E-state index in [1.807, 2.05) is 13.8 Å². The Kier molecular flexibility index (Phi) is 5.42. The number of alkyl halides is 3. The van der Waals surface area contributed by atoms with Gasteiger partial charge in [0, 0.05) is 14.2 Å². The fourth-order valence-corrected chi connectivity index (χ4v) is 1.23. The largest absolute Gasteiger partial charge is 0.400 e. The molecule has 0 atom stereocenters. The van der Waals surface area contributed by atoms with E-state index in [-0.39, 0.29) is 0 Å². The highest BCUT2D eigenvalue weighted by Crippen LogP contribution is 2.43. The summed E-state index contributed by atoms with van der Waals surface area (Å²) in [7, 11) is 2.74. The molecule has 0 N–H and O–H groups in total. The van der Waals surface area contributed by atoms with Gasteiger partial charge in [-0.05, 0) is 19.1 Å². The lowest BCUT2D eigenvalue weighted by Gasteiger charge is -2.33. The van der Waals surface area contributed by atoms with Crippen LogP contribution in [0.25, 0.3) is 0 Å². The first-order valence-electron chi connectivity index (χ1n) is 5.36. The number of rotatable bonds is 2. The van der Waals surface area contributed by atoms with Gasteiger partial charge in [0.05, 0.1) is 5.41 Å². The van der Waals surface area contributed by atoms with Crippen molar-refractivity contribution in [3.63, 3.8) is 0 Å². The number of halogens is 3. The molecule has 0 fully saturated rings. The predicted molar refractivity (Wildman–Crippen MR) is 60.5 cm³/mol. The van der Waals surface area contributed by atoms with E-state index in [1.54, 1.807) is 0 Å². The smallest absolute Gasteiger partial charge is 0.346 e. The van der Waals surface area contributed by atoms with Gasteiger partial charge in [-0.1, -0.05) is 26.0 Å². The van der Waals surface area contributed by atoms with Crippen molar-refractivity contribution in [2.75, 3.05) is 14.2 Å². The van der Waals surface area contributed by atoms with Crippen molar-refractivity contribution in [3.05, 3.63) is 24.3 Å². The molecule has 0 aromatic rings. The molecule has 5 heteroatoms. The quantitative estimate of drug-likeness (QED) is 0.551. The summed E-state index contributed by atoms with van der Waals surface area (Å²) in [4.78, 5) is 0.